The second-order valence-electron chi connectivity index (χ2n) is 3.18. The summed E-state index contributed by atoms with van der Waals surface area (Å²) < 4.78 is 4.69. The molecule has 88 valence electrons. The molecule has 0 aliphatic carbocycles. The number of aliphatic hydroxyl groups is 1. The number of carboxylic acid groups (broad SMARTS) is 1. The Morgan fingerprint density at radius 3 is 2.56 bits per heavy atom. The van der Waals surface area contributed by atoms with Gasteiger partial charge in [0.25, 0.3) is 0 Å². The van der Waals surface area contributed by atoms with Gasteiger partial charge in [0.1, 0.15) is 5.57 Å². The molecule has 0 aromatic rings. The van der Waals surface area contributed by atoms with Gasteiger partial charge in [0, 0.05) is 6.54 Å². The molecular weight excluding hydrogens is 214 g/mol. The van der Waals surface area contributed by atoms with Crippen LogP contribution < -0.4 is 0 Å². The Kier molecular flexibility index (Phi) is 4.04. The summed E-state index contributed by atoms with van der Waals surface area (Å²) in [4.78, 5) is 26.1. The molecule has 0 fully saturated rings. The first-order chi connectivity index (χ1) is 7.57. The summed E-state index contributed by atoms with van der Waals surface area (Å²) >= 11 is 0. The molecule has 6 heteroatoms. The quantitative estimate of drug-likeness (QED) is 0.418. The Balaban J connectivity index is 3.07. The van der Waals surface area contributed by atoms with Gasteiger partial charge in [-0.25, -0.2) is 9.59 Å². The van der Waals surface area contributed by atoms with E-state index in [2.05, 4.69) is 9.73 Å². The molecule has 1 heterocycles. The normalized spacial score (nSPS) is 16.4. The van der Waals surface area contributed by atoms with Crippen molar-refractivity contribution in [1.29, 1.82) is 0 Å². The van der Waals surface area contributed by atoms with Crippen LogP contribution in [0.4, 0.5) is 0 Å². The van der Waals surface area contributed by atoms with Crippen LogP contribution in [-0.4, -0.2) is 41.0 Å². The van der Waals surface area contributed by atoms with Gasteiger partial charge in [0.2, 0.25) is 5.76 Å². The van der Waals surface area contributed by atoms with Crippen molar-refractivity contribution in [3.05, 3.63) is 11.3 Å². The lowest BCUT2D eigenvalue weighted by atomic mass is 10.1. The van der Waals surface area contributed by atoms with Crippen LogP contribution in [0.3, 0.4) is 0 Å². The van der Waals surface area contributed by atoms with Crippen molar-refractivity contribution >= 4 is 17.7 Å². The number of hydrogen-bond acceptors (Lipinski definition) is 5. The third-order valence-electron chi connectivity index (χ3n) is 2.08. The molecule has 1 aliphatic heterocycles. The number of esters is 1. The van der Waals surface area contributed by atoms with Crippen molar-refractivity contribution in [3.8, 4) is 0 Å². The van der Waals surface area contributed by atoms with E-state index >= 15 is 0 Å². The number of hydrogen-bond donors (Lipinski definition) is 2. The van der Waals surface area contributed by atoms with Crippen LogP contribution in [0, 0.1) is 0 Å². The molecule has 0 amide bonds. The Bertz CT molecular complexity index is 369. The minimum absolute atomic E-state index is 0.114. The van der Waals surface area contributed by atoms with Gasteiger partial charge in [-0.1, -0.05) is 0 Å². The molecule has 0 radical (unpaired) electrons. The minimum Gasteiger partial charge on any atom is -0.501 e. The first kappa shape index (κ1) is 12.2. The molecule has 1 aliphatic rings. The van der Waals surface area contributed by atoms with Gasteiger partial charge in [0.15, 0.2) is 0 Å². The molecule has 16 heavy (non-hydrogen) atoms. The Hall–Kier alpha value is -1.85. The predicted molar refractivity (Wildman–Crippen MR) is 55.5 cm³/mol. The van der Waals surface area contributed by atoms with Crippen molar-refractivity contribution in [3.63, 3.8) is 0 Å². The highest BCUT2D eigenvalue weighted by Gasteiger charge is 2.27. The van der Waals surface area contributed by atoms with Crippen molar-refractivity contribution in [2.24, 2.45) is 4.99 Å². The van der Waals surface area contributed by atoms with E-state index in [1.54, 1.807) is 6.92 Å². The van der Waals surface area contributed by atoms with Gasteiger partial charge >= 0.3 is 11.9 Å². The lowest BCUT2D eigenvalue weighted by Gasteiger charge is -2.07. The van der Waals surface area contributed by atoms with E-state index in [0.29, 0.717) is 18.7 Å². The van der Waals surface area contributed by atoms with E-state index in [4.69, 9.17) is 5.11 Å². The number of aliphatic hydroxyl groups excluding tert-OH is 1. The summed E-state index contributed by atoms with van der Waals surface area (Å²) in [5.74, 6) is -3.40. The molecule has 0 bridgehead atoms. The molecule has 0 unspecified atom stereocenters. The summed E-state index contributed by atoms with van der Waals surface area (Å²) in [5, 5.41) is 18.0. The van der Waals surface area contributed by atoms with E-state index in [1.165, 1.54) is 0 Å². The maximum atomic E-state index is 11.5. The number of nitrogens with zero attached hydrogens (tertiary/aromatic N) is 1. The smallest absolute Gasteiger partial charge is 0.371 e. The van der Waals surface area contributed by atoms with E-state index in [-0.39, 0.29) is 12.2 Å². The SMILES string of the molecule is CCOC(=O)/C(C1=NCCC1)=C(/O)C(=O)O. The topological polar surface area (TPSA) is 96.2 Å². The molecular formula is C10H13NO5. The fourth-order valence-corrected chi connectivity index (χ4v) is 1.40. The number of aliphatic imine (C=N–C) groups is 1. The second kappa shape index (κ2) is 5.29. The predicted octanol–water partition coefficient (Wildman–Crippen LogP) is 0.681. The number of aliphatic carboxylic acids is 1. The standard InChI is InChI=1S/C10H13NO5/c1-2-16-10(15)7(8(12)9(13)14)6-4-3-5-11-6/h12H,2-5H2,1H3,(H,13,14)/b8-7+. The number of carbonyl (C=O) groups excluding carboxylic acids is 1. The number of carboxylic acids is 1. The molecule has 0 aromatic heterocycles. The summed E-state index contributed by atoms with van der Waals surface area (Å²) in [6.45, 7) is 2.25. The summed E-state index contributed by atoms with van der Waals surface area (Å²) in [6.07, 6.45) is 1.22. The van der Waals surface area contributed by atoms with Crippen LogP contribution in [0.5, 0.6) is 0 Å². The van der Waals surface area contributed by atoms with Crippen molar-refractivity contribution in [2.75, 3.05) is 13.2 Å². The number of ether oxygens (including phenoxy) is 1. The largest absolute Gasteiger partial charge is 0.501 e. The zero-order chi connectivity index (χ0) is 12.1. The van der Waals surface area contributed by atoms with Gasteiger partial charge < -0.3 is 14.9 Å². The Morgan fingerprint density at radius 1 is 1.44 bits per heavy atom. The van der Waals surface area contributed by atoms with Crippen molar-refractivity contribution in [2.45, 2.75) is 19.8 Å². The highest BCUT2D eigenvalue weighted by molar-refractivity contribution is 6.23. The number of rotatable bonds is 4. The van der Waals surface area contributed by atoms with Gasteiger partial charge in [-0.3, -0.25) is 4.99 Å². The Labute approximate surface area is 92.2 Å². The van der Waals surface area contributed by atoms with Crippen LogP contribution in [0.15, 0.2) is 16.3 Å². The molecule has 0 aromatic carbocycles. The van der Waals surface area contributed by atoms with E-state index < -0.39 is 17.7 Å². The van der Waals surface area contributed by atoms with E-state index in [9.17, 15) is 14.7 Å². The maximum Gasteiger partial charge on any atom is 0.371 e. The zero-order valence-electron chi connectivity index (χ0n) is 8.89. The summed E-state index contributed by atoms with van der Waals surface area (Å²) in [6, 6.07) is 0. The third kappa shape index (κ3) is 2.59. The third-order valence-corrected chi connectivity index (χ3v) is 2.08. The molecule has 0 saturated carbocycles. The van der Waals surface area contributed by atoms with Crippen molar-refractivity contribution < 1.29 is 24.5 Å². The highest BCUT2D eigenvalue weighted by Crippen LogP contribution is 2.16. The van der Waals surface area contributed by atoms with Gasteiger partial charge in [0.05, 0.1) is 12.3 Å². The molecule has 6 nitrogen and oxygen atoms in total. The fraction of sp³-hybridized carbons (Fsp3) is 0.500. The number of carbonyl (C=O) groups is 2. The maximum absolute atomic E-state index is 11.5. The Morgan fingerprint density at radius 2 is 2.12 bits per heavy atom. The highest BCUT2D eigenvalue weighted by atomic mass is 16.5. The summed E-state index contributed by atoms with van der Waals surface area (Å²) in [5.41, 5.74) is -0.0230. The van der Waals surface area contributed by atoms with Gasteiger partial charge in [-0.2, -0.15) is 0 Å². The minimum atomic E-state index is -1.56. The summed E-state index contributed by atoms with van der Waals surface area (Å²) in [7, 11) is 0. The molecule has 0 atom stereocenters. The van der Waals surface area contributed by atoms with Gasteiger partial charge in [-0.15, -0.1) is 0 Å². The monoisotopic (exact) mass is 227 g/mol. The van der Waals surface area contributed by atoms with Crippen LogP contribution in [0.25, 0.3) is 0 Å². The fourth-order valence-electron chi connectivity index (χ4n) is 1.40. The van der Waals surface area contributed by atoms with Gasteiger partial charge in [-0.05, 0) is 19.8 Å². The lowest BCUT2D eigenvalue weighted by Crippen LogP contribution is -2.20. The lowest BCUT2D eigenvalue weighted by molar-refractivity contribution is -0.140. The average Bonchev–Trinajstić information content (AvgIpc) is 2.71. The molecule has 1 rings (SSSR count). The first-order valence-electron chi connectivity index (χ1n) is 4.95. The molecule has 0 saturated heterocycles. The molecule has 2 N–H and O–H groups in total. The van der Waals surface area contributed by atoms with Crippen LogP contribution in [0.1, 0.15) is 19.8 Å². The van der Waals surface area contributed by atoms with E-state index in [1.807, 2.05) is 0 Å². The second-order valence-corrected chi connectivity index (χ2v) is 3.18. The first-order valence-corrected chi connectivity index (χ1v) is 4.95. The van der Waals surface area contributed by atoms with Crippen LogP contribution >= 0.6 is 0 Å². The molecule has 0 spiro atoms. The van der Waals surface area contributed by atoms with Crippen LogP contribution in [-0.2, 0) is 14.3 Å². The average molecular weight is 227 g/mol. The van der Waals surface area contributed by atoms with E-state index in [0.717, 1.165) is 6.42 Å². The van der Waals surface area contributed by atoms with Crippen molar-refractivity contribution in [1.82, 2.24) is 0 Å². The zero-order valence-corrected chi connectivity index (χ0v) is 8.89. The van der Waals surface area contributed by atoms with Crippen LogP contribution in [0.2, 0.25) is 0 Å².